The molecular formula is C23H22FN3O3. The molecule has 0 atom stereocenters. The number of nitrogens with zero attached hydrogens (tertiary/aromatic N) is 3. The molecule has 2 heterocycles. The average Bonchev–Trinajstić information content (AvgIpc) is 3.11. The number of hydrogen-bond donors (Lipinski definition) is 0. The van der Waals surface area contributed by atoms with Crippen molar-refractivity contribution in [1.82, 2.24) is 15.0 Å². The number of aromatic nitrogens is 1. The van der Waals surface area contributed by atoms with E-state index in [9.17, 15) is 14.0 Å². The SMILES string of the molecule is Cc1ccc(-c2cc(C(=O)N3CCCN(C(=O)c4ccccc4F)CC3)on2)cc1. The van der Waals surface area contributed by atoms with Crippen LogP contribution in [-0.2, 0) is 0 Å². The Morgan fingerprint density at radius 3 is 2.30 bits per heavy atom. The summed E-state index contributed by atoms with van der Waals surface area (Å²) in [6.45, 7) is 3.63. The Kier molecular flexibility index (Phi) is 5.61. The van der Waals surface area contributed by atoms with Gasteiger partial charge in [0.1, 0.15) is 11.5 Å². The third-order valence-electron chi connectivity index (χ3n) is 5.24. The molecule has 4 rings (SSSR count). The first-order valence-corrected chi connectivity index (χ1v) is 9.90. The fraction of sp³-hybridized carbons (Fsp3) is 0.261. The Morgan fingerprint density at radius 1 is 0.933 bits per heavy atom. The Bertz CT molecular complexity index is 1060. The lowest BCUT2D eigenvalue weighted by Crippen LogP contribution is -2.37. The van der Waals surface area contributed by atoms with Crippen molar-refractivity contribution >= 4 is 11.8 Å². The molecule has 30 heavy (non-hydrogen) atoms. The maximum absolute atomic E-state index is 14.0. The second kappa shape index (κ2) is 8.49. The summed E-state index contributed by atoms with van der Waals surface area (Å²) in [5.74, 6) is -0.991. The molecule has 1 aliphatic heterocycles. The summed E-state index contributed by atoms with van der Waals surface area (Å²) in [6.07, 6.45) is 0.602. The molecule has 0 saturated carbocycles. The van der Waals surface area contributed by atoms with Crippen LogP contribution in [0.3, 0.4) is 0 Å². The van der Waals surface area contributed by atoms with Gasteiger partial charge in [-0.05, 0) is 25.5 Å². The number of carbonyl (C=O) groups excluding carboxylic acids is 2. The smallest absolute Gasteiger partial charge is 0.292 e. The van der Waals surface area contributed by atoms with E-state index in [-0.39, 0.29) is 23.1 Å². The first-order chi connectivity index (χ1) is 14.5. The van der Waals surface area contributed by atoms with E-state index in [1.807, 2.05) is 31.2 Å². The van der Waals surface area contributed by atoms with Crippen LogP contribution in [0.5, 0.6) is 0 Å². The summed E-state index contributed by atoms with van der Waals surface area (Å²) >= 11 is 0. The first kappa shape index (κ1) is 19.8. The van der Waals surface area contributed by atoms with Crippen molar-refractivity contribution in [2.45, 2.75) is 13.3 Å². The zero-order chi connectivity index (χ0) is 21.1. The van der Waals surface area contributed by atoms with Gasteiger partial charge in [-0.2, -0.15) is 0 Å². The minimum atomic E-state index is -0.537. The van der Waals surface area contributed by atoms with Gasteiger partial charge >= 0.3 is 0 Å². The Hall–Kier alpha value is -3.48. The third kappa shape index (κ3) is 4.10. The minimum Gasteiger partial charge on any atom is -0.350 e. The molecule has 1 fully saturated rings. The maximum Gasteiger partial charge on any atom is 0.292 e. The Balaban J connectivity index is 1.43. The summed E-state index contributed by atoms with van der Waals surface area (Å²) in [5.41, 5.74) is 2.67. The molecule has 0 radical (unpaired) electrons. The van der Waals surface area contributed by atoms with Crippen LogP contribution in [0.15, 0.2) is 59.1 Å². The second-order valence-electron chi connectivity index (χ2n) is 7.36. The Morgan fingerprint density at radius 2 is 1.60 bits per heavy atom. The number of rotatable bonds is 3. The number of carbonyl (C=O) groups is 2. The number of halogens is 1. The zero-order valence-electron chi connectivity index (χ0n) is 16.7. The molecule has 6 nitrogen and oxygen atoms in total. The van der Waals surface area contributed by atoms with Gasteiger partial charge in [-0.3, -0.25) is 9.59 Å². The van der Waals surface area contributed by atoms with Crippen molar-refractivity contribution < 1.29 is 18.5 Å². The quantitative estimate of drug-likeness (QED) is 0.663. The van der Waals surface area contributed by atoms with Crippen molar-refractivity contribution in [1.29, 1.82) is 0 Å². The van der Waals surface area contributed by atoms with Crippen LogP contribution >= 0.6 is 0 Å². The molecule has 154 valence electrons. The molecule has 3 aromatic rings. The largest absolute Gasteiger partial charge is 0.350 e. The lowest BCUT2D eigenvalue weighted by molar-refractivity contribution is 0.0692. The molecule has 1 saturated heterocycles. The predicted molar refractivity (Wildman–Crippen MR) is 110 cm³/mol. The van der Waals surface area contributed by atoms with E-state index in [0.717, 1.165) is 11.1 Å². The summed E-state index contributed by atoms with van der Waals surface area (Å²) in [5, 5.41) is 4.02. The highest BCUT2D eigenvalue weighted by Gasteiger charge is 2.26. The molecular weight excluding hydrogens is 385 g/mol. The van der Waals surface area contributed by atoms with Crippen LogP contribution in [0.4, 0.5) is 4.39 Å². The van der Waals surface area contributed by atoms with Gasteiger partial charge in [0.25, 0.3) is 11.8 Å². The number of hydrogen-bond acceptors (Lipinski definition) is 4. The molecule has 0 N–H and O–H groups in total. The van der Waals surface area contributed by atoms with Crippen molar-refractivity contribution in [3.8, 4) is 11.3 Å². The van der Waals surface area contributed by atoms with Crippen LogP contribution in [0.2, 0.25) is 0 Å². The van der Waals surface area contributed by atoms with Gasteiger partial charge in [-0.1, -0.05) is 47.1 Å². The molecule has 0 spiro atoms. The monoisotopic (exact) mass is 407 g/mol. The van der Waals surface area contributed by atoms with E-state index in [2.05, 4.69) is 5.16 Å². The van der Waals surface area contributed by atoms with Crippen molar-refractivity contribution in [3.05, 3.63) is 77.3 Å². The molecule has 2 aromatic carbocycles. The van der Waals surface area contributed by atoms with Crippen LogP contribution in [0.1, 0.15) is 32.9 Å². The number of aryl methyl sites for hydroxylation is 1. The van der Waals surface area contributed by atoms with E-state index in [1.54, 1.807) is 28.0 Å². The third-order valence-corrected chi connectivity index (χ3v) is 5.24. The van der Waals surface area contributed by atoms with Gasteiger partial charge < -0.3 is 14.3 Å². The second-order valence-corrected chi connectivity index (χ2v) is 7.36. The van der Waals surface area contributed by atoms with Crippen LogP contribution in [0, 0.1) is 12.7 Å². The fourth-order valence-corrected chi connectivity index (χ4v) is 3.52. The molecule has 1 aromatic heterocycles. The Labute approximate surface area is 173 Å². The standard InChI is InChI=1S/C23H22FN3O3/c1-16-7-9-17(10-8-16)20-15-21(30-25-20)23(29)27-12-4-11-26(13-14-27)22(28)18-5-2-3-6-19(18)24/h2-3,5-10,15H,4,11-14H2,1H3. The minimum absolute atomic E-state index is 0.0512. The predicted octanol–water partition coefficient (Wildman–Crippen LogP) is 3.78. The molecule has 0 bridgehead atoms. The van der Waals surface area contributed by atoms with Gasteiger partial charge in [0, 0.05) is 37.8 Å². The highest BCUT2D eigenvalue weighted by molar-refractivity contribution is 5.95. The highest BCUT2D eigenvalue weighted by Crippen LogP contribution is 2.21. The van der Waals surface area contributed by atoms with Crippen molar-refractivity contribution in [3.63, 3.8) is 0 Å². The summed E-state index contributed by atoms with van der Waals surface area (Å²) in [6, 6.07) is 15.4. The van der Waals surface area contributed by atoms with E-state index in [4.69, 9.17) is 4.52 Å². The van der Waals surface area contributed by atoms with E-state index in [1.165, 1.54) is 12.1 Å². The summed E-state index contributed by atoms with van der Waals surface area (Å²) in [7, 11) is 0. The summed E-state index contributed by atoms with van der Waals surface area (Å²) in [4.78, 5) is 28.8. The van der Waals surface area contributed by atoms with E-state index in [0.29, 0.717) is 38.3 Å². The van der Waals surface area contributed by atoms with E-state index >= 15 is 0 Å². The lowest BCUT2D eigenvalue weighted by atomic mass is 10.1. The summed E-state index contributed by atoms with van der Waals surface area (Å²) < 4.78 is 19.2. The van der Waals surface area contributed by atoms with Crippen molar-refractivity contribution in [2.75, 3.05) is 26.2 Å². The van der Waals surface area contributed by atoms with Gasteiger partial charge in [-0.25, -0.2) is 4.39 Å². The molecule has 2 amide bonds. The van der Waals surface area contributed by atoms with Gasteiger partial charge in [0.2, 0.25) is 5.76 Å². The molecule has 0 aliphatic carbocycles. The molecule has 1 aliphatic rings. The van der Waals surface area contributed by atoms with Gasteiger partial charge in [0.15, 0.2) is 0 Å². The zero-order valence-corrected chi connectivity index (χ0v) is 16.7. The van der Waals surface area contributed by atoms with Crippen LogP contribution in [0.25, 0.3) is 11.3 Å². The molecule has 7 heteroatoms. The van der Waals surface area contributed by atoms with Crippen LogP contribution in [-0.4, -0.2) is 52.9 Å². The first-order valence-electron chi connectivity index (χ1n) is 9.90. The maximum atomic E-state index is 14.0. The van der Waals surface area contributed by atoms with Gasteiger partial charge in [0.05, 0.1) is 5.56 Å². The van der Waals surface area contributed by atoms with Gasteiger partial charge in [-0.15, -0.1) is 0 Å². The van der Waals surface area contributed by atoms with Crippen molar-refractivity contribution in [2.24, 2.45) is 0 Å². The molecule has 0 unspecified atom stereocenters. The number of amides is 2. The fourth-order valence-electron chi connectivity index (χ4n) is 3.52. The van der Waals surface area contributed by atoms with E-state index < -0.39 is 5.82 Å². The highest BCUT2D eigenvalue weighted by atomic mass is 19.1. The number of benzene rings is 2. The topological polar surface area (TPSA) is 66.7 Å². The lowest BCUT2D eigenvalue weighted by Gasteiger charge is -2.21. The average molecular weight is 407 g/mol. The normalized spacial score (nSPS) is 14.5. The van der Waals surface area contributed by atoms with Crippen LogP contribution < -0.4 is 0 Å².